The predicted molar refractivity (Wildman–Crippen MR) is 196 cm³/mol. The normalized spacial score (nSPS) is 26.6. The van der Waals surface area contributed by atoms with Crippen LogP contribution in [-0.4, -0.2) is 101 Å². The molecule has 2 fully saturated rings. The number of alkyl carbamates (subject to hydrolysis) is 1. The van der Waals surface area contributed by atoms with Gasteiger partial charge in [-0.2, -0.15) is 0 Å². The standard InChI is InChI=1S/C39H57N5O9/c1-7-50-35(47)39-21-28(39)13-11-9-8-10-12-14-31(41-36(48)53-38(4,5)6)34(46)44-24-30(20-32(44)33(45)42-39)52-37(49)43-22-26-15-16-29(19-27(26)23-43)51-18-17-40-25(2)3/h11,13,15-16,19,25,28,30-32,40H,7-10,12,14,17-18,20-24H2,1-6H3,(H,41,48)(H,42,45)/b13-11-/t28-,30+,31-,32-,39+/m0/s1. The number of carbonyl (C=O) groups is 5. The van der Waals surface area contributed by atoms with Crippen LogP contribution < -0.4 is 20.7 Å². The Morgan fingerprint density at radius 3 is 2.58 bits per heavy atom. The summed E-state index contributed by atoms with van der Waals surface area (Å²) in [5.41, 5.74) is -0.0862. The van der Waals surface area contributed by atoms with Gasteiger partial charge in [-0.05, 0) is 76.6 Å². The quantitative estimate of drug-likeness (QED) is 0.144. The highest BCUT2D eigenvalue weighted by molar-refractivity contribution is 5.96. The monoisotopic (exact) mass is 739 g/mol. The summed E-state index contributed by atoms with van der Waals surface area (Å²) in [5.74, 6) is -1.07. The average molecular weight is 740 g/mol. The van der Waals surface area contributed by atoms with Gasteiger partial charge in [0.25, 0.3) is 0 Å². The molecule has 0 bridgehead atoms. The van der Waals surface area contributed by atoms with E-state index in [1.54, 1.807) is 32.6 Å². The second-order valence-corrected chi connectivity index (χ2v) is 15.7. The first-order valence-corrected chi connectivity index (χ1v) is 19.1. The summed E-state index contributed by atoms with van der Waals surface area (Å²) < 4.78 is 22.7. The molecule has 1 aromatic carbocycles. The molecule has 0 unspecified atom stereocenters. The van der Waals surface area contributed by atoms with Crippen LogP contribution in [0.15, 0.2) is 30.4 Å². The van der Waals surface area contributed by atoms with Gasteiger partial charge in [-0.25, -0.2) is 14.4 Å². The molecule has 0 aromatic heterocycles. The van der Waals surface area contributed by atoms with Gasteiger partial charge in [-0.15, -0.1) is 0 Å². The second kappa shape index (κ2) is 17.2. The third-order valence-electron chi connectivity index (χ3n) is 9.92. The van der Waals surface area contributed by atoms with Crippen LogP contribution >= 0.6 is 0 Å². The molecule has 0 radical (unpaired) electrons. The van der Waals surface area contributed by atoms with Crippen LogP contribution in [-0.2, 0) is 41.7 Å². The Hall–Kier alpha value is -4.33. The molecule has 1 saturated carbocycles. The zero-order chi connectivity index (χ0) is 38.3. The van der Waals surface area contributed by atoms with E-state index in [9.17, 15) is 24.0 Å². The van der Waals surface area contributed by atoms with Crippen molar-refractivity contribution in [3.63, 3.8) is 0 Å². The summed E-state index contributed by atoms with van der Waals surface area (Å²) in [5, 5.41) is 8.99. The molecule has 14 heteroatoms. The van der Waals surface area contributed by atoms with Gasteiger partial charge >= 0.3 is 18.2 Å². The number of ether oxygens (including phenoxy) is 4. The van der Waals surface area contributed by atoms with Crippen molar-refractivity contribution in [3.05, 3.63) is 41.5 Å². The number of benzene rings is 1. The van der Waals surface area contributed by atoms with E-state index < -0.39 is 59.3 Å². The lowest BCUT2D eigenvalue weighted by molar-refractivity contribution is -0.150. The highest BCUT2D eigenvalue weighted by Crippen LogP contribution is 2.46. The Morgan fingerprint density at radius 2 is 1.85 bits per heavy atom. The summed E-state index contributed by atoms with van der Waals surface area (Å²) >= 11 is 0. The van der Waals surface area contributed by atoms with Gasteiger partial charge in [0.1, 0.15) is 41.7 Å². The Labute approximate surface area is 312 Å². The van der Waals surface area contributed by atoms with E-state index in [0.717, 1.165) is 36.1 Å². The number of hydrogen-bond donors (Lipinski definition) is 3. The number of carbonyl (C=O) groups excluding carboxylic acids is 5. The molecule has 1 aliphatic carbocycles. The van der Waals surface area contributed by atoms with Crippen molar-refractivity contribution < 1.29 is 42.9 Å². The minimum atomic E-state index is -1.24. The highest BCUT2D eigenvalue weighted by Gasteiger charge is 2.62. The predicted octanol–water partition coefficient (Wildman–Crippen LogP) is 4.34. The van der Waals surface area contributed by atoms with Crippen molar-refractivity contribution in [1.29, 1.82) is 0 Å². The van der Waals surface area contributed by atoms with E-state index in [4.69, 9.17) is 18.9 Å². The van der Waals surface area contributed by atoms with E-state index in [2.05, 4.69) is 29.8 Å². The van der Waals surface area contributed by atoms with Crippen LogP contribution in [0, 0.1) is 5.92 Å². The van der Waals surface area contributed by atoms with Crippen molar-refractivity contribution in [1.82, 2.24) is 25.8 Å². The number of nitrogens with one attached hydrogen (secondary N) is 3. The first-order valence-electron chi connectivity index (χ1n) is 19.1. The van der Waals surface area contributed by atoms with Gasteiger partial charge in [-0.1, -0.05) is 44.9 Å². The zero-order valence-corrected chi connectivity index (χ0v) is 32.0. The smallest absolute Gasteiger partial charge is 0.410 e. The first-order chi connectivity index (χ1) is 25.2. The molecule has 292 valence electrons. The lowest BCUT2D eigenvalue weighted by Gasteiger charge is -2.30. The number of hydrogen-bond acceptors (Lipinski definition) is 10. The van der Waals surface area contributed by atoms with E-state index in [0.29, 0.717) is 51.5 Å². The fourth-order valence-corrected chi connectivity index (χ4v) is 7.17. The summed E-state index contributed by atoms with van der Waals surface area (Å²) in [6.45, 7) is 13.1. The van der Waals surface area contributed by atoms with Crippen molar-refractivity contribution >= 4 is 30.0 Å². The van der Waals surface area contributed by atoms with Crippen LogP contribution in [0.3, 0.4) is 0 Å². The lowest BCUT2D eigenvalue weighted by atomic mass is 10.0. The Kier molecular flexibility index (Phi) is 12.9. The van der Waals surface area contributed by atoms with Crippen molar-refractivity contribution in [2.24, 2.45) is 5.92 Å². The average Bonchev–Trinajstić information content (AvgIpc) is 3.39. The molecule has 53 heavy (non-hydrogen) atoms. The summed E-state index contributed by atoms with van der Waals surface area (Å²) in [6, 6.07) is 4.09. The van der Waals surface area contributed by atoms with Crippen LogP contribution in [0.1, 0.15) is 97.6 Å². The molecule has 5 rings (SSSR count). The van der Waals surface area contributed by atoms with Gasteiger partial charge in [-0.3, -0.25) is 14.5 Å². The molecule has 3 N–H and O–H groups in total. The molecule has 3 heterocycles. The van der Waals surface area contributed by atoms with Crippen LogP contribution in [0.2, 0.25) is 0 Å². The largest absolute Gasteiger partial charge is 0.492 e. The van der Waals surface area contributed by atoms with Crippen LogP contribution in [0.5, 0.6) is 5.75 Å². The molecule has 14 nitrogen and oxygen atoms in total. The molecule has 4 aliphatic rings. The molecular weight excluding hydrogens is 682 g/mol. The third-order valence-corrected chi connectivity index (χ3v) is 9.92. The molecule has 1 aromatic rings. The third kappa shape index (κ3) is 10.4. The first kappa shape index (κ1) is 39.9. The van der Waals surface area contributed by atoms with Crippen molar-refractivity contribution in [2.45, 2.75) is 135 Å². The molecular formula is C39H57N5O9. The number of allylic oxidation sites excluding steroid dienone is 1. The summed E-state index contributed by atoms with van der Waals surface area (Å²) in [7, 11) is 0. The number of amides is 4. The Bertz CT molecular complexity index is 1540. The second-order valence-electron chi connectivity index (χ2n) is 15.7. The van der Waals surface area contributed by atoms with Gasteiger partial charge < -0.3 is 39.8 Å². The summed E-state index contributed by atoms with van der Waals surface area (Å²) in [6.07, 6.45) is 5.67. The number of fused-ring (bicyclic) bond motifs is 3. The van der Waals surface area contributed by atoms with Gasteiger partial charge in [0.2, 0.25) is 11.8 Å². The highest BCUT2D eigenvalue weighted by atomic mass is 16.6. The number of rotatable bonds is 9. The molecule has 1 saturated heterocycles. The fraction of sp³-hybridized carbons (Fsp3) is 0.667. The minimum absolute atomic E-state index is 0.0189. The molecule has 0 spiro atoms. The lowest BCUT2D eigenvalue weighted by Crippen LogP contribution is -2.56. The topological polar surface area (TPSA) is 165 Å². The zero-order valence-electron chi connectivity index (χ0n) is 32.0. The van der Waals surface area contributed by atoms with Crippen molar-refractivity contribution in [3.8, 4) is 5.75 Å². The molecule has 3 aliphatic heterocycles. The van der Waals surface area contributed by atoms with Crippen LogP contribution in [0.4, 0.5) is 9.59 Å². The Balaban J connectivity index is 1.32. The van der Waals surface area contributed by atoms with Crippen LogP contribution in [0.25, 0.3) is 0 Å². The van der Waals surface area contributed by atoms with E-state index in [1.165, 1.54) is 4.90 Å². The van der Waals surface area contributed by atoms with E-state index in [1.807, 2.05) is 30.4 Å². The SMILES string of the molecule is CCOC(=O)[C@@]12C[C@@H]1/C=C\CCCCC[C@H](NC(=O)OC(C)(C)C)C(=O)N1C[C@H](OC(=O)N3Cc4ccc(OCCNC(C)C)cc4C3)C[C@H]1C(=O)N2. The van der Waals surface area contributed by atoms with Crippen molar-refractivity contribution in [2.75, 3.05) is 26.3 Å². The molecule has 5 atom stereocenters. The van der Waals surface area contributed by atoms with Gasteiger partial charge in [0.05, 0.1) is 13.2 Å². The van der Waals surface area contributed by atoms with E-state index in [-0.39, 0.29) is 25.5 Å². The maximum atomic E-state index is 14.3. The maximum absolute atomic E-state index is 14.3. The fourth-order valence-electron chi connectivity index (χ4n) is 7.17. The van der Waals surface area contributed by atoms with E-state index >= 15 is 0 Å². The molecule has 4 amide bonds. The number of nitrogens with zero attached hydrogens (tertiary/aromatic N) is 2. The van der Waals surface area contributed by atoms with Gasteiger partial charge in [0, 0.05) is 38.0 Å². The van der Waals surface area contributed by atoms with Gasteiger partial charge in [0.15, 0.2) is 0 Å². The minimum Gasteiger partial charge on any atom is -0.492 e. The Morgan fingerprint density at radius 1 is 1.08 bits per heavy atom. The maximum Gasteiger partial charge on any atom is 0.410 e. The number of esters is 1. The summed E-state index contributed by atoms with van der Waals surface area (Å²) in [4.78, 5) is 71.1.